The van der Waals surface area contributed by atoms with Crippen molar-refractivity contribution in [3.8, 4) is 0 Å². The van der Waals surface area contributed by atoms with Crippen LogP contribution in [0.25, 0.3) is 0 Å². The van der Waals surface area contributed by atoms with E-state index in [1.165, 1.54) is 6.21 Å². The van der Waals surface area contributed by atoms with Crippen LogP contribution >= 0.6 is 0 Å². The summed E-state index contributed by atoms with van der Waals surface area (Å²) in [5, 5.41) is 0. The van der Waals surface area contributed by atoms with E-state index in [2.05, 4.69) is 4.40 Å². The molecule has 78 valence electrons. The molecule has 1 unspecified atom stereocenters. The minimum absolute atomic E-state index is 0.321. The summed E-state index contributed by atoms with van der Waals surface area (Å²) in [4.78, 5) is 0. The summed E-state index contributed by atoms with van der Waals surface area (Å²) in [5.41, 5.74) is 0. The van der Waals surface area contributed by atoms with E-state index < -0.39 is 11.4 Å². The Morgan fingerprint density at radius 3 is 2.50 bits per heavy atom. The van der Waals surface area contributed by atoms with Crippen LogP contribution in [0.5, 0.6) is 0 Å². The zero-order chi connectivity index (χ0) is 10.8. The Morgan fingerprint density at radius 1 is 1.43 bits per heavy atom. The average molecular weight is 213 g/mol. The van der Waals surface area contributed by atoms with Gasteiger partial charge in [-0.25, -0.2) is 0 Å². The van der Waals surface area contributed by atoms with Crippen LogP contribution in [0.15, 0.2) is 20.9 Å². The fourth-order valence-electron chi connectivity index (χ4n) is 0.781. The van der Waals surface area contributed by atoms with E-state index in [0.717, 1.165) is 5.76 Å². The van der Waals surface area contributed by atoms with Gasteiger partial charge in [0.2, 0.25) is 0 Å². The Kier molecular flexibility index (Phi) is 3.39. The van der Waals surface area contributed by atoms with Gasteiger partial charge in [-0.3, -0.25) is 0 Å². The molecule has 0 radical (unpaired) electrons. The Balaban J connectivity index is 2.65. The summed E-state index contributed by atoms with van der Waals surface area (Å²) in [5.74, 6) is 1.47. The molecule has 1 atom stereocenters. The lowest BCUT2D eigenvalue weighted by molar-refractivity contribution is 0.527. The van der Waals surface area contributed by atoms with Crippen molar-refractivity contribution < 1.29 is 8.97 Å². The number of aryl methyl sites for hydroxylation is 1. The molecule has 14 heavy (non-hydrogen) atoms. The van der Waals surface area contributed by atoms with Crippen LogP contribution in [0.3, 0.4) is 0 Å². The largest absolute Gasteiger partial charge is 0.591 e. The van der Waals surface area contributed by atoms with E-state index >= 15 is 0 Å². The minimum atomic E-state index is -1.22. The average Bonchev–Trinajstić information content (AvgIpc) is 2.45. The number of rotatable bonds is 2. The van der Waals surface area contributed by atoms with Crippen LogP contribution in [0.2, 0.25) is 0 Å². The van der Waals surface area contributed by atoms with E-state index in [1.54, 1.807) is 6.07 Å². The third kappa shape index (κ3) is 3.20. The summed E-state index contributed by atoms with van der Waals surface area (Å²) < 4.78 is 20.4. The summed E-state index contributed by atoms with van der Waals surface area (Å²) in [6, 6.07) is 3.65. The normalized spacial score (nSPS) is 14.9. The minimum Gasteiger partial charge on any atom is -0.591 e. The molecule has 4 heteroatoms. The first-order valence-corrected chi connectivity index (χ1v) is 5.53. The summed E-state index contributed by atoms with van der Waals surface area (Å²) in [6.45, 7) is 7.51. The maximum atomic E-state index is 11.5. The van der Waals surface area contributed by atoms with Gasteiger partial charge < -0.3 is 8.97 Å². The zero-order valence-electron chi connectivity index (χ0n) is 8.90. The van der Waals surface area contributed by atoms with Gasteiger partial charge in [-0.2, -0.15) is 0 Å². The van der Waals surface area contributed by atoms with Crippen LogP contribution < -0.4 is 0 Å². The first-order valence-electron chi connectivity index (χ1n) is 4.42. The molecule has 0 aromatic carbocycles. The van der Waals surface area contributed by atoms with Gasteiger partial charge in [0, 0.05) is 0 Å². The Morgan fingerprint density at radius 2 is 2.07 bits per heavy atom. The third-order valence-electron chi connectivity index (χ3n) is 1.56. The lowest BCUT2D eigenvalue weighted by atomic mass is 10.3. The highest BCUT2D eigenvalue weighted by Gasteiger charge is 2.25. The van der Waals surface area contributed by atoms with Crippen molar-refractivity contribution in [2.75, 3.05) is 0 Å². The van der Waals surface area contributed by atoms with Gasteiger partial charge in [0.1, 0.15) is 33.8 Å². The molecule has 0 saturated carbocycles. The SMILES string of the molecule is Cc1ccc(C=N[S+]([O-])C(C)(C)C)o1. The molecule has 0 fully saturated rings. The molecule has 0 aliphatic rings. The molecular formula is C10H15NO2S. The van der Waals surface area contributed by atoms with Crippen molar-refractivity contribution in [1.29, 1.82) is 0 Å². The van der Waals surface area contributed by atoms with Crippen molar-refractivity contribution >= 4 is 17.6 Å². The quantitative estimate of drug-likeness (QED) is 0.559. The molecule has 1 heterocycles. The zero-order valence-corrected chi connectivity index (χ0v) is 9.72. The Labute approximate surface area is 87.5 Å². The maximum absolute atomic E-state index is 11.5. The second kappa shape index (κ2) is 4.19. The fraction of sp³-hybridized carbons (Fsp3) is 0.500. The number of hydrogen-bond donors (Lipinski definition) is 0. The van der Waals surface area contributed by atoms with Crippen molar-refractivity contribution in [2.45, 2.75) is 32.4 Å². The van der Waals surface area contributed by atoms with Gasteiger partial charge in [-0.1, -0.05) is 4.40 Å². The number of nitrogens with zero attached hydrogens (tertiary/aromatic N) is 1. The van der Waals surface area contributed by atoms with Crippen molar-refractivity contribution in [3.63, 3.8) is 0 Å². The highest BCUT2D eigenvalue weighted by atomic mass is 32.2. The molecule has 0 N–H and O–H groups in total. The second-order valence-corrected chi connectivity index (χ2v) is 5.98. The lowest BCUT2D eigenvalue weighted by Crippen LogP contribution is -2.25. The van der Waals surface area contributed by atoms with Crippen molar-refractivity contribution in [2.24, 2.45) is 4.40 Å². The molecule has 0 aliphatic heterocycles. The van der Waals surface area contributed by atoms with Gasteiger partial charge in [0.25, 0.3) is 0 Å². The van der Waals surface area contributed by atoms with Gasteiger partial charge in [0.15, 0.2) is 0 Å². The lowest BCUT2D eigenvalue weighted by Gasteiger charge is -2.17. The van der Waals surface area contributed by atoms with Gasteiger partial charge in [0.05, 0.1) is 0 Å². The van der Waals surface area contributed by atoms with E-state index in [1.807, 2.05) is 33.8 Å². The van der Waals surface area contributed by atoms with Gasteiger partial charge >= 0.3 is 0 Å². The van der Waals surface area contributed by atoms with Crippen LogP contribution in [0, 0.1) is 6.92 Å². The predicted octanol–water partition coefficient (Wildman–Crippen LogP) is 2.47. The van der Waals surface area contributed by atoms with Crippen LogP contribution in [0.1, 0.15) is 32.3 Å². The molecule has 1 aromatic heterocycles. The first kappa shape index (κ1) is 11.3. The maximum Gasteiger partial charge on any atom is 0.149 e. The van der Waals surface area contributed by atoms with E-state index in [4.69, 9.17) is 4.42 Å². The first-order chi connectivity index (χ1) is 6.39. The molecule has 0 aliphatic carbocycles. The molecule has 1 aromatic rings. The smallest absolute Gasteiger partial charge is 0.149 e. The summed E-state index contributed by atoms with van der Waals surface area (Å²) >= 11 is -1.22. The molecule has 0 spiro atoms. The predicted molar refractivity (Wildman–Crippen MR) is 58.9 cm³/mol. The Bertz CT molecular complexity index is 325. The van der Waals surface area contributed by atoms with Gasteiger partial charge in [-0.05, 0) is 39.8 Å². The van der Waals surface area contributed by atoms with Crippen LogP contribution in [-0.4, -0.2) is 15.5 Å². The van der Waals surface area contributed by atoms with E-state index in [9.17, 15) is 4.55 Å². The number of hydrogen-bond acceptors (Lipinski definition) is 3. The number of furan rings is 1. The highest BCUT2D eigenvalue weighted by Crippen LogP contribution is 2.17. The Hall–Kier alpha value is -0.740. The molecule has 1 rings (SSSR count). The van der Waals surface area contributed by atoms with Crippen molar-refractivity contribution in [1.82, 2.24) is 0 Å². The molecule has 0 saturated heterocycles. The van der Waals surface area contributed by atoms with E-state index in [0.29, 0.717) is 5.76 Å². The fourth-order valence-corrected chi connectivity index (χ4v) is 1.30. The van der Waals surface area contributed by atoms with Crippen molar-refractivity contribution in [3.05, 3.63) is 23.7 Å². The molecule has 3 nitrogen and oxygen atoms in total. The molecule has 0 amide bonds. The van der Waals surface area contributed by atoms with Gasteiger partial charge in [-0.15, -0.1) is 0 Å². The van der Waals surface area contributed by atoms with Crippen LogP contribution in [0.4, 0.5) is 0 Å². The summed E-state index contributed by atoms with van der Waals surface area (Å²) in [6.07, 6.45) is 1.51. The molecular weight excluding hydrogens is 198 g/mol. The second-order valence-electron chi connectivity index (χ2n) is 4.04. The monoisotopic (exact) mass is 213 g/mol. The van der Waals surface area contributed by atoms with Crippen LogP contribution in [-0.2, 0) is 11.4 Å². The standard InChI is InChI=1S/C10H15NO2S/c1-8-5-6-9(13-8)7-11-14(12)10(2,3)4/h5-7H,1-4H3. The topological polar surface area (TPSA) is 48.6 Å². The third-order valence-corrected chi connectivity index (χ3v) is 2.91. The van der Waals surface area contributed by atoms with E-state index in [-0.39, 0.29) is 4.75 Å². The highest BCUT2D eigenvalue weighted by molar-refractivity contribution is 7.91. The molecule has 0 bridgehead atoms. The summed E-state index contributed by atoms with van der Waals surface area (Å²) in [7, 11) is 0.